The summed E-state index contributed by atoms with van der Waals surface area (Å²) in [6, 6.07) is 8.84. The maximum Gasteiger partial charge on any atom is 0.313 e. The second-order valence-corrected chi connectivity index (χ2v) is 5.41. The molecule has 0 radical (unpaired) electrons. The van der Waals surface area contributed by atoms with Gasteiger partial charge in [0.15, 0.2) is 0 Å². The number of alkyl halides is 1. The van der Waals surface area contributed by atoms with Gasteiger partial charge in [-0.15, -0.1) is 11.6 Å². The highest BCUT2D eigenvalue weighted by Crippen LogP contribution is 2.42. The van der Waals surface area contributed by atoms with E-state index in [9.17, 15) is 15.0 Å². The molecule has 2 rings (SSSR count). The quantitative estimate of drug-likeness (QED) is 0.829. The maximum atomic E-state index is 11.5. The lowest BCUT2D eigenvalue weighted by Crippen LogP contribution is -2.49. The van der Waals surface area contributed by atoms with E-state index < -0.39 is 22.9 Å². The van der Waals surface area contributed by atoms with Crippen LogP contribution in [0.3, 0.4) is 0 Å². The molecule has 4 heteroatoms. The van der Waals surface area contributed by atoms with Crippen LogP contribution in [0.1, 0.15) is 37.2 Å². The number of carboxylic acids is 1. The third-order valence-electron chi connectivity index (χ3n) is 3.71. The fourth-order valence-electron chi connectivity index (χ4n) is 2.75. The number of aliphatic hydroxyl groups is 1. The van der Waals surface area contributed by atoms with E-state index in [-0.39, 0.29) is 0 Å². The molecule has 0 bridgehead atoms. The van der Waals surface area contributed by atoms with Crippen LogP contribution in [0.5, 0.6) is 0 Å². The van der Waals surface area contributed by atoms with Crippen LogP contribution in [0.25, 0.3) is 0 Å². The summed E-state index contributed by atoms with van der Waals surface area (Å²) in [5.41, 5.74) is -0.743. The predicted octanol–water partition coefficient (Wildman–Crippen LogP) is 2.77. The number of benzene rings is 1. The zero-order valence-electron chi connectivity index (χ0n) is 10.1. The molecule has 1 aliphatic rings. The summed E-state index contributed by atoms with van der Waals surface area (Å²) in [6.45, 7) is 0. The van der Waals surface area contributed by atoms with Crippen molar-refractivity contribution in [1.29, 1.82) is 0 Å². The molecule has 1 saturated carbocycles. The highest BCUT2D eigenvalue weighted by Gasteiger charge is 2.48. The van der Waals surface area contributed by atoms with Gasteiger partial charge in [-0.2, -0.15) is 0 Å². The second-order valence-electron chi connectivity index (χ2n) is 4.89. The first kappa shape index (κ1) is 13.4. The normalized spacial score (nSPS) is 29.8. The van der Waals surface area contributed by atoms with E-state index in [0.29, 0.717) is 18.4 Å². The van der Waals surface area contributed by atoms with Gasteiger partial charge in [0.05, 0.1) is 11.0 Å². The zero-order valence-corrected chi connectivity index (χ0v) is 10.8. The Morgan fingerprint density at radius 2 is 2.00 bits per heavy atom. The standard InChI is InChI=1S/C14H17ClO3/c15-11-8-4-5-9-14(11,18)12(13(16)17)10-6-2-1-3-7-10/h1-3,6-7,11-12,18H,4-5,8-9H2,(H,16,17). The minimum Gasteiger partial charge on any atom is -0.481 e. The van der Waals surface area contributed by atoms with Crippen LogP contribution in [0.2, 0.25) is 0 Å². The van der Waals surface area contributed by atoms with Gasteiger partial charge < -0.3 is 10.2 Å². The van der Waals surface area contributed by atoms with E-state index in [1.54, 1.807) is 24.3 Å². The Kier molecular flexibility index (Phi) is 3.93. The van der Waals surface area contributed by atoms with Gasteiger partial charge in [-0.1, -0.05) is 43.2 Å². The average Bonchev–Trinajstić information content (AvgIpc) is 2.34. The second kappa shape index (κ2) is 5.29. The lowest BCUT2D eigenvalue weighted by Gasteiger charge is -2.40. The Hall–Kier alpha value is -1.06. The van der Waals surface area contributed by atoms with Crippen molar-refractivity contribution in [2.24, 2.45) is 0 Å². The molecular weight excluding hydrogens is 252 g/mol. The third kappa shape index (κ3) is 2.38. The van der Waals surface area contributed by atoms with Gasteiger partial charge in [-0.05, 0) is 18.4 Å². The highest BCUT2D eigenvalue weighted by atomic mass is 35.5. The van der Waals surface area contributed by atoms with Crippen molar-refractivity contribution in [2.75, 3.05) is 0 Å². The van der Waals surface area contributed by atoms with Crippen molar-refractivity contribution < 1.29 is 15.0 Å². The number of carboxylic acid groups (broad SMARTS) is 1. The fourth-order valence-corrected chi connectivity index (χ4v) is 3.14. The van der Waals surface area contributed by atoms with Gasteiger partial charge in [-0.3, -0.25) is 4.79 Å². The molecule has 1 aromatic carbocycles. The van der Waals surface area contributed by atoms with Crippen molar-refractivity contribution in [3.05, 3.63) is 35.9 Å². The number of hydrogen-bond donors (Lipinski definition) is 2. The third-order valence-corrected chi connectivity index (χ3v) is 4.30. The van der Waals surface area contributed by atoms with Crippen LogP contribution in [0.15, 0.2) is 30.3 Å². The number of aliphatic carboxylic acids is 1. The van der Waals surface area contributed by atoms with E-state index in [2.05, 4.69) is 0 Å². The van der Waals surface area contributed by atoms with Gasteiger partial charge in [0, 0.05) is 0 Å². The van der Waals surface area contributed by atoms with Crippen molar-refractivity contribution in [1.82, 2.24) is 0 Å². The Morgan fingerprint density at radius 3 is 2.56 bits per heavy atom. The van der Waals surface area contributed by atoms with Crippen molar-refractivity contribution >= 4 is 17.6 Å². The average molecular weight is 269 g/mol. The molecule has 18 heavy (non-hydrogen) atoms. The topological polar surface area (TPSA) is 57.5 Å². The molecule has 1 aromatic rings. The lowest BCUT2D eigenvalue weighted by molar-refractivity contribution is -0.147. The maximum absolute atomic E-state index is 11.5. The smallest absolute Gasteiger partial charge is 0.313 e. The van der Waals surface area contributed by atoms with Crippen molar-refractivity contribution in [2.45, 2.75) is 42.6 Å². The van der Waals surface area contributed by atoms with Crippen LogP contribution in [0, 0.1) is 0 Å². The summed E-state index contributed by atoms with van der Waals surface area (Å²) < 4.78 is 0. The van der Waals surface area contributed by atoms with Crippen LogP contribution >= 0.6 is 11.6 Å². The SMILES string of the molecule is O=C(O)C(c1ccccc1)C1(O)CCCCC1Cl. The summed E-state index contributed by atoms with van der Waals surface area (Å²) in [4.78, 5) is 11.5. The predicted molar refractivity (Wildman–Crippen MR) is 69.9 cm³/mol. The molecule has 0 amide bonds. The summed E-state index contributed by atoms with van der Waals surface area (Å²) >= 11 is 6.20. The van der Waals surface area contributed by atoms with Gasteiger partial charge in [0.2, 0.25) is 0 Å². The monoisotopic (exact) mass is 268 g/mol. The van der Waals surface area contributed by atoms with E-state index in [1.807, 2.05) is 6.07 Å². The first-order valence-electron chi connectivity index (χ1n) is 6.20. The van der Waals surface area contributed by atoms with Crippen LogP contribution in [-0.4, -0.2) is 27.2 Å². The van der Waals surface area contributed by atoms with Gasteiger partial charge in [-0.25, -0.2) is 0 Å². The molecule has 98 valence electrons. The van der Waals surface area contributed by atoms with Crippen LogP contribution in [-0.2, 0) is 4.79 Å². The molecule has 0 spiro atoms. The minimum atomic E-state index is -1.35. The van der Waals surface area contributed by atoms with E-state index >= 15 is 0 Å². The molecule has 0 saturated heterocycles. The molecule has 3 nitrogen and oxygen atoms in total. The summed E-state index contributed by atoms with van der Waals surface area (Å²) in [5.74, 6) is -1.97. The molecule has 3 unspecified atom stereocenters. The molecule has 2 N–H and O–H groups in total. The Labute approximate surface area is 111 Å². The number of rotatable bonds is 3. The Balaban J connectivity index is 2.39. The van der Waals surface area contributed by atoms with Crippen LogP contribution in [0.4, 0.5) is 0 Å². The van der Waals surface area contributed by atoms with E-state index in [1.165, 1.54) is 0 Å². The van der Waals surface area contributed by atoms with E-state index in [4.69, 9.17) is 11.6 Å². The molecule has 1 aliphatic carbocycles. The first-order chi connectivity index (χ1) is 8.55. The van der Waals surface area contributed by atoms with Gasteiger partial charge in [0.1, 0.15) is 5.92 Å². The zero-order chi connectivity index (χ0) is 13.2. The Bertz CT molecular complexity index is 420. The fraction of sp³-hybridized carbons (Fsp3) is 0.500. The molecule has 0 aromatic heterocycles. The highest BCUT2D eigenvalue weighted by molar-refractivity contribution is 6.21. The minimum absolute atomic E-state index is 0.438. The number of halogens is 1. The molecule has 3 atom stereocenters. The van der Waals surface area contributed by atoms with E-state index in [0.717, 1.165) is 12.8 Å². The molecular formula is C14H17ClO3. The lowest BCUT2D eigenvalue weighted by atomic mass is 9.72. The number of hydrogen-bond acceptors (Lipinski definition) is 2. The van der Waals surface area contributed by atoms with Gasteiger partial charge >= 0.3 is 5.97 Å². The number of carbonyl (C=O) groups is 1. The molecule has 0 aliphatic heterocycles. The molecule has 0 heterocycles. The van der Waals surface area contributed by atoms with Crippen molar-refractivity contribution in [3.63, 3.8) is 0 Å². The molecule has 1 fully saturated rings. The Morgan fingerprint density at radius 1 is 1.33 bits per heavy atom. The largest absolute Gasteiger partial charge is 0.481 e. The summed E-state index contributed by atoms with van der Waals surface area (Å²) in [7, 11) is 0. The van der Waals surface area contributed by atoms with Crippen molar-refractivity contribution in [3.8, 4) is 0 Å². The van der Waals surface area contributed by atoms with Gasteiger partial charge in [0.25, 0.3) is 0 Å². The summed E-state index contributed by atoms with van der Waals surface area (Å²) in [5, 5.41) is 19.6. The van der Waals surface area contributed by atoms with Crippen LogP contribution < -0.4 is 0 Å². The summed E-state index contributed by atoms with van der Waals surface area (Å²) in [6.07, 6.45) is 2.86. The first-order valence-corrected chi connectivity index (χ1v) is 6.63.